The Bertz CT molecular complexity index is 976. The summed E-state index contributed by atoms with van der Waals surface area (Å²) in [7, 11) is 4.07. The number of anilines is 1. The third-order valence-corrected chi connectivity index (χ3v) is 6.64. The molecule has 0 spiro atoms. The SMILES string of the molecule is CCOc1ccc2nc(N(CCCN(C)C)C(=O)CSc3ccc(Cl)cc3)sc2c1. The molecule has 2 aromatic carbocycles. The van der Waals surface area contributed by atoms with Crippen molar-refractivity contribution in [2.24, 2.45) is 0 Å². The number of carbonyl (C=O) groups is 1. The van der Waals surface area contributed by atoms with E-state index in [2.05, 4.69) is 4.90 Å². The molecule has 8 heteroatoms. The van der Waals surface area contributed by atoms with E-state index in [0.717, 1.165) is 39.0 Å². The van der Waals surface area contributed by atoms with Gasteiger partial charge in [-0.2, -0.15) is 0 Å². The van der Waals surface area contributed by atoms with Crippen LogP contribution < -0.4 is 9.64 Å². The molecule has 0 fully saturated rings. The van der Waals surface area contributed by atoms with Crippen molar-refractivity contribution < 1.29 is 9.53 Å². The number of halogens is 1. The van der Waals surface area contributed by atoms with E-state index in [-0.39, 0.29) is 5.91 Å². The fourth-order valence-electron chi connectivity index (χ4n) is 2.89. The zero-order valence-electron chi connectivity index (χ0n) is 17.4. The van der Waals surface area contributed by atoms with Crippen LogP contribution in [0.2, 0.25) is 5.02 Å². The van der Waals surface area contributed by atoms with Gasteiger partial charge in [0.15, 0.2) is 5.13 Å². The minimum atomic E-state index is 0.0535. The highest BCUT2D eigenvalue weighted by Gasteiger charge is 2.20. The molecular formula is C22H26ClN3O2S2. The minimum absolute atomic E-state index is 0.0535. The van der Waals surface area contributed by atoms with Crippen LogP contribution in [0.1, 0.15) is 13.3 Å². The molecule has 0 radical (unpaired) electrons. The number of thiazole rings is 1. The summed E-state index contributed by atoms with van der Waals surface area (Å²) < 4.78 is 6.62. The Morgan fingerprint density at radius 2 is 1.93 bits per heavy atom. The van der Waals surface area contributed by atoms with Gasteiger partial charge in [-0.1, -0.05) is 22.9 Å². The maximum atomic E-state index is 13.1. The summed E-state index contributed by atoms with van der Waals surface area (Å²) in [6.07, 6.45) is 0.879. The van der Waals surface area contributed by atoms with Gasteiger partial charge in [0.1, 0.15) is 5.75 Å². The molecule has 0 aliphatic carbocycles. The number of benzene rings is 2. The van der Waals surface area contributed by atoms with Gasteiger partial charge in [-0.3, -0.25) is 9.69 Å². The Balaban J connectivity index is 1.77. The minimum Gasteiger partial charge on any atom is -0.494 e. The van der Waals surface area contributed by atoms with Crippen molar-refractivity contribution in [2.75, 3.05) is 44.4 Å². The fraction of sp³-hybridized carbons (Fsp3) is 0.364. The second kappa shape index (κ2) is 11.0. The predicted molar refractivity (Wildman–Crippen MR) is 128 cm³/mol. The number of ether oxygens (including phenoxy) is 1. The molecule has 1 amide bonds. The first-order chi connectivity index (χ1) is 14.5. The lowest BCUT2D eigenvalue weighted by Crippen LogP contribution is -2.34. The third kappa shape index (κ3) is 6.35. The lowest BCUT2D eigenvalue weighted by molar-refractivity contribution is -0.116. The molecule has 0 saturated heterocycles. The molecule has 0 aliphatic heterocycles. The predicted octanol–water partition coefficient (Wildman–Crippen LogP) is 5.43. The summed E-state index contributed by atoms with van der Waals surface area (Å²) in [4.78, 5) is 22.8. The Hall–Kier alpha value is -1.80. The van der Waals surface area contributed by atoms with Crippen LogP contribution in [0.25, 0.3) is 10.2 Å². The van der Waals surface area contributed by atoms with E-state index in [1.165, 1.54) is 23.1 Å². The van der Waals surface area contributed by atoms with Crippen molar-refractivity contribution in [1.82, 2.24) is 9.88 Å². The molecule has 3 aromatic rings. The van der Waals surface area contributed by atoms with Crippen LogP contribution in [0.15, 0.2) is 47.4 Å². The molecule has 0 N–H and O–H groups in total. The van der Waals surface area contributed by atoms with E-state index in [1.54, 1.807) is 0 Å². The van der Waals surface area contributed by atoms with Gasteiger partial charge >= 0.3 is 0 Å². The van der Waals surface area contributed by atoms with Crippen LogP contribution in [0.4, 0.5) is 5.13 Å². The molecule has 0 saturated carbocycles. The van der Waals surface area contributed by atoms with Crippen molar-refractivity contribution >= 4 is 56.0 Å². The van der Waals surface area contributed by atoms with Crippen LogP contribution in [0, 0.1) is 0 Å². The standard InChI is InChI=1S/C22H26ClN3O2S2/c1-4-28-17-8-11-19-20(14-17)30-22(24-19)26(13-5-12-25(2)3)21(27)15-29-18-9-6-16(23)7-10-18/h6-11,14H,4-5,12-13,15H2,1-3H3. The second-order valence-corrected chi connectivity index (χ2v) is 9.50. The Morgan fingerprint density at radius 3 is 2.63 bits per heavy atom. The van der Waals surface area contributed by atoms with Crippen molar-refractivity contribution in [3.05, 3.63) is 47.5 Å². The monoisotopic (exact) mass is 463 g/mol. The summed E-state index contributed by atoms with van der Waals surface area (Å²) in [5.41, 5.74) is 0.884. The van der Waals surface area contributed by atoms with Gasteiger partial charge in [0, 0.05) is 16.5 Å². The summed E-state index contributed by atoms with van der Waals surface area (Å²) in [5, 5.41) is 1.43. The normalized spacial score (nSPS) is 11.2. The molecule has 160 valence electrons. The summed E-state index contributed by atoms with van der Waals surface area (Å²) in [6.45, 7) is 4.13. The number of rotatable bonds is 10. The molecule has 3 rings (SSSR count). The molecule has 30 heavy (non-hydrogen) atoms. The number of aromatic nitrogens is 1. The Kier molecular flexibility index (Phi) is 8.39. The van der Waals surface area contributed by atoms with Crippen molar-refractivity contribution in [2.45, 2.75) is 18.2 Å². The molecule has 1 heterocycles. The van der Waals surface area contributed by atoms with Crippen LogP contribution in [0.3, 0.4) is 0 Å². The fourth-order valence-corrected chi connectivity index (χ4v) is 4.83. The number of nitrogens with zero attached hydrogens (tertiary/aromatic N) is 3. The summed E-state index contributed by atoms with van der Waals surface area (Å²) in [6, 6.07) is 13.4. The van der Waals surface area contributed by atoms with Crippen molar-refractivity contribution in [3.8, 4) is 5.75 Å². The third-order valence-electron chi connectivity index (χ3n) is 4.35. The van der Waals surface area contributed by atoms with Crippen molar-refractivity contribution in [1.29, 1.82) is 0 Å². The molecule has 0 unspecified atom stereocenters. The number of hydrogen-bond acceptors (Lipinski definition) is 6. The summed E-state index contributed by atoms with van der Waals surface area (Å²) in [5.74, 6) is 1.23. The number of fused-ring (bicyclic) bond motifs is 1. The molecule has 0 atom stereocenters. The lowest BCUT2D eigenvalue weighted by Gasteiger charge is -2.21. The zero-order valence-corrected chi connectivity index (χ0v) is 19.8. The van der Waals surface area contributed by atoms with Crippen LogP contribution >= 0.6 is 34.7 Å². The molecule has 1 aromatic heterocycles. The highest BCUT2D eigenvalue weighted by molar-refractivity contribution is 8.00. The van der Waals surface area contributed by atoms with Gasteiger partial charge in [0.05, 0.1) is 22.6 Å². The van der Waals surface area contributed by atoms with E-state index in [0.29, 0.717) is 23.9 Å². The Morgan fingerprint density at radius 1 is 1.17 bits per heavy atom. The maximum Gasteiger partial charge on any atom is 0.239 e. The van der Waals surface area contributed by atoms with E-state index in [4.69, 9.17) is 21.3 Å². The average Bonchev–Trinajstić information content (AvgIpc) is 3.13. The highest BCUT2D eigenvalue weighted by Crippen LogP contribution is 2.32. The van der Waals surface area contributed by atoms with E-state index in [1.807, 2.05) is 68.4 Å². The topological polar surface area (TPSA) is 45.7 Å². The maximum absolute atomic E-state index is 13.1. The van der Waals surface area contributed by atoms with Crippen LogP contribution in [0.5, 0.6) is 5.75 Å². The van der Waals surface area contributed by atoms with Gasteiger partial charge in [-0.15, -0.1) is 11.8 Å². The average molecular weight is 464 g/mol. The van der Waals surface area contributed by atoms with Crippen LogP contribution in [-0.2, 0) is 4.79 Å². The quantitative estimate of drug-likeness (QED) is 0.375. The number of hydrogen-bond donors (Lipinski definition) is 0. The number of thioether (sulfide) groups is 1. The highest BCUT2D eigenvalue weighted by atomic mass is 35.5. The van der Waals surface area contributed by atoms with E-state index < -0.39 is 0 Å². The first kappa shape index (κ1) is 22.9. The molecule has 0 aliphatic rings. The van der Waals surface area contributed by atoms with Gasteiger partial charge in [-0.05, 0) is 76.4 Å². The first-order valence-electron chi connectivity index (χ1n) is 9.83. The first-order valence-corrected chi connectivity index (χ1v) is 12.0. The van der Waals surface area contributed by atoms with Gasteiger partial charge in [-0.25, -0.2) is 4.98 Å². The van der Waals surface area contributed by atoms with E-state index in [9.17, 15) is 4.79 Å². The van der Waals surface area contributed by atoms with Gasteiger partial charge < -0.3 is 9.64 Å². The lowest BCUT2D eigenvalue weighted by atomic mass is 10.3. The smallest absolute Gasteiger partial charge is 0.239 e. The molecule has 0 bridgehead atoms. The molecular weight excluding hydrogens is 438 g/mol. The van der Waals surface area contributed by atoms with Gasteiger partial charge in [0.25, 0.3) is 0 Å². The summed E-state index contributed by atoms with van der Waals surface area (Å²) >= 11 is 9.00. The van der Waals surface area contributed by atoms with Gasteiger partial charge in [0.2, 0.25) is 5.91 Å². The largest absolute Gasteiger partial charge is 0.494 e. The second-order valence-electron chi connectivity index (χ2n) is 7.00. The number of amides is 1. The number of carbonyl (C=O) groups excluding carboxylic acids is 1. The zero-order chi connectivity index (χ0) is 21.5. The van der Waals surface area contributed by atoms with Crippen LogP contribution in [-0.4, -0.2) is 55.3 Å². The van der Waals surface area contributed by atoms with E-state index >= 15 is 0 Å². The Labute approximate surface area is 191 Å². The van der Waals surface area contributed by atoms with Crippen molar-refractivity contribution in [3.63, 3.8) is 0 Å². The molecule has 5 nitrogen and oxygen atoms in total.